The summed E-state index contributed by atoms with van der Waals surface area (Å²) in [5, 5.41) is 10.2. The van der Waals surface area contributed by atoms with Gasteiger partial charge in [-0.3, -0.25) is 0 Å². The average molecular weight is 315 g/mol. The Hall–Kier alpha value is -0.920. The zero-order chi connectivity index (χ0) is 15.6. The molecule has 0 bridgehead atoms. The van der Waals surface area contributed by atoms with Crippen molar-refractivity contribution in [2.24, 2.45) is 0 Å². The first kappa shape index (κ1) is 16.5. The molecule has 2 heterocycles. The molecule has 0 radical (unpaired) electrons. The molecule has 1 saturated heterocycles. The lowest BCUT2D eigenvalue weighted by molar-refractivity contribution is 0.0666. The van der Waals surface area contributed by atoms with E-state index in [4.69, 9.17) is 0 Å². The SMILES string of the molecule is CCC(O)C1CCCCN1S(=O)(=O)c1cn(C(C)C)cn1. The first-order chi connectivity index (χ1) is 9.87. The largest absolute Gasteiger partial charge is 0.391 e. The Labute approximate surface area is 126 Å². The monoisotopic (exact) mass is 315 g/mol. The number of piperidine rings is 1. The van der Waals surface area contributed by atoms with E-state index in [1.165, 1.54) is 4.31 Å². The predicted molar refractivity (Wildman–Crippen MR) is 80.4 cm³/mol. The van der Waals surface area contributed by atoms with E-state index >= 15 is 0 Å². The lowest BCUT2D eigenvalue weighted by Crippen LogP contribution is -2.49. The van der Waals surface area contributed by atoms with E-state index in [9.17, 15) is 13.5 Å². The highest BCUT2D eigenvalue weighted by molar-refractivity contribution is 7.89. The number of aromatic nitrogens is 2. The predicted octanol–water partition coefficient (Wildman–Crippen LogP) is 1.78. The van der Waals surface area contributed by atoms with Crippen molar-refractivity contribution in [3.8, 4) is 0 Å². The molecular formula is C14H25N3O3S. The maximum absolute atomic E-state index is 12.8. The number of imidazole rings is 1. The minimum absolute atomic E-state index is 0.0754. The van der Waals surface area contributed by atoms with Crippen molar-refractivity contribution in [1.82, 2.24) is 13.9 Å². The number of sulfonamides is 1. The molecule has 7 heteroatoms. The van der Waals surface area contributed by atoms with Crippen molar-refractivity contribution in [1.29, 1.82) is 0 Å². The van der Waals surface area contributed by atoms with E-state index in [1.807, 2.05) is 20.8 Å². The molecule has 21 heavy (non-hydrogen) atoms. The Morgan fingerprint density at radius 1 is 1.43 bits per heavy atom. The number of rotatable bonds is 5. The summed E-state index contributed by atoms with van der Waals surface area (Å²) in [7, 11) is -3.64. The molecule has 6 nitrogen and oxygen atoms in total. The van der Waals surface area contributed by atoms with Crippen molar-refractivity contribution in [2.45, 2.75) is 69.7 Å². The van der Waals surface area contributed by atoms with Gasteiger partial charge in [0.15, 0.2) is 5.03 Å². The zero-order valence-corrected chi connectivity index (χ0v) is 13.8. The van der Waals surface area contributed by atoms with Crippen LogP contribution >= 0.6 is 0 Å². The molecule has 0 aromatic carbocycles. The number of hydrogen-bond acceptors (Lipinski definition) is 4. The summed E-state index contributed by atoms with van der Waals surface area (Å²) >= 11 is 0. The number of aliphatic hydroxyl groups excluding tert-OH is 1. The van der Waals surface area contributed by atoms with E-state index < -0.39 is 16.1 Å². The quantitative estimate of drug-likeness (QED) is 0.898. The second kappa shape index (κ2) is 6.46. The van der Waals surface area contributed by atoms with Gasteiger partial charge >= 0.3 is 0 Å². The Morgan fingerprint density at radius 2 is 2.14 bits per heavy atom. The van der Waals surface area contributed by atoms with Crippen LogP contribution < -0.4 is 0 Å². The van der Waals surface area contributed by atoms with Crippen LogP contribution in [0.15, 0.2) is 17.6 Å². The maximum atomic E-state index is 12.8. The minimum Gasteiger partial charge on any atom is -0.391 e. The summed E-state index contributed by atoms with van der Waals surface area (Å²) in [6, 6.07) is -0.169. The van der Waals surface area contributed by atoms with Crippen molar-refractivity contribution >= 4 is 10.0 Å². The van der Waals surface area contributed by atoms with E-state index in [0.29, 0.717) is 19.4 Å². The van der Waals surface area contributed by atoms with Crippen LogP contribution in [0.3, 0.4) is 0 Å². The molecule has 1 fully saturated rings. The van der Waals surface area contributed by atoms with E-state index in [2.05, 4.69) is 4.98 Å². The van der Waals surface area contributed by atoms with E-state index in [-0.39, 0.29) is 17.1 Å². The molecule has 2 rings (SSSR count). The second-order valence-electron chi connectivity index (χ2n) is 5.91. The smallest absolute Gasteiger partial charge is 0.262 e. The van der Waals surface area contributed by atoms with Gasteiger partial charge in [-0.05, 0) is 33.1 Å². The molecule has 2 atom stereocenters. The molecule has 1 aliphatic rings. The molecule has 0 spiro atoms. The van der Waals surface area contributed by atoms with Crippen LogP contribution in [-0.2, 0) is 10.0 Å². The normalized spacial score (nSPS) is 22.6. The minimum atomic E-state index is -3.64. The summed E-state index contributed by atoms with van der Waals surface area (Å²) in [5.41, 5.74) is 0. The van der Waals surface area contributed by atoms with Crippen molar-refractivity contribution in [3.05, 3.63) is 12.5 Å². The van der Waals surface area contributed by atoms with Crippen LogP contribution in [-0.4, -0.2) is 46.1 Å². The van der Waals surface area contributed by atoms with Crippen LogP contribution in [0.4, 0.5) is 0 Å². The number of nitrogens with zero attached hydrogens (tertiary/aromatic N) is 3. The molecule has 1 aliphatic heterocycles. The first-order valence-electron chi connectivity index (χ1n) is 7.61. The summed E-state index contributed by atoms with van der Waals surface area (Å²) < 4.78 is 28.8. The molecule has 0 saturated carbocycles. The summed E-state index contributed by atoms with van der Waals surface area (Å²) in [6.45, 7) is 6.28. The molecule has 1 N–H and O–H groups in total. The Kier molecular flexibility index (Phi) is 5.06. The summed E-state index contributed by atoms with van der Waals surface area (Å²) in [5.74, 6) is 0. The second-order valence-corrected chi connectivity index (χ2v) is 7.74. The maximum Gasteiger partial charge on any atom is 0.262 e. The van der Waals surface area contributed by atoms with Gasteiger partial charge in [0.2, 0.25) is 0 Å². The van der Waals surface area contributed by atoms with Gasteiger partial charge in [0.05, 0.1) is 18.5 Å². The molecule has 0 amide bonds. The highest BCUT2D eigenvalue weighted by atomic mass is 32.2. The summed E-state index contributed by atoms with van der Waals surface area (Å²) in [4.78, 5) is 4.06. The third kappa shape index (κ3) is 3.30. The van der Waals surface area contributed by atoms with Crippen LogP contribution in [0.2, 0.25) is 0 Å². The molecule has 1 aromatic rings. The fraction of sp³-hybridized carbons (Fsp3) is 0.786. The number of aliphatic hydroxyl groups is 1. The Morgan fingerprint density at radius 3 is 2.71 bits per heavy atom. The standard InChI is InChI=1S/C14H25N3O3S/c1-4-13(18)12-7-5-6-8-17(12)21(19,20)14-9-16(10-15-14)11(2)3/h9-13,18H,4-8H2,1-3H3. The molecule has 120 valence electrons. The van der Waals surface area contributed by atoms with E-state index in [1.54, 1.807) is 17.1 Å². The zero-order valence-electron chi connectivity index (χ0n) is 12.9. The lowest BCUT2D eigenvalue weighted by atomic mass is 9.98. The van der Waals surface area contributed by atoms with Crippen LogP contribution in [0.5, 0.6) is 0 Å². The van der Waals surface area contributed by atoms with Crippen LogP contribution in [0, 0.1) is 0 Å². The third-order valence-electron chi connectivity index (χ3n) is 4.11. The fourth-order valence-corrected chi connectivity index (χ4v) is 4.39. The van der Waals surface area contributed by atoms with Crippen molar-refractivity contribution < 1.29 is 13.5 Å². The van der Waals surface area contributed by atoms with Gasteiger partial charge < -0.3 is 9.67 Å². The van der Waals surface area contributed by atoms with Gasteiger partial charge in [0, 0.05) is 18.8 Å². The third-order valence-corrected chi connectivity index (χ3v) is 5.92. The lowest BCUT2D eigenvalue weighted by Gasteiger charge is -2.36. The van der Waals surface area contributed by atoms with Gasteiger partial charge in [-0.25, -0.2) is 13.4 Å². The summed E-state index contributed by atoms with van der Waals surface area (Å²) in [6.07, 6.45) is 5.55. The van der Waals surface area contributed by atoms with Crippen molar-refractivity contribution in [2.75, 3.05) is 6.54 Å². The Bertz CT molecular complexity index is 568. The van der Waals surface area contributed by atoms with Gasteiger partial charge in [0.25, 0.3) is 10.0 Å². The first-order valence-corrected chi connectivity index (χ1v) is 9.05. The van der Waals surface area contributed by atoms with Crippen LogP contribution in [0.1, 0.15) is 52.5 Å². The van der Waals surface area contributed by atoms with Gasteiger partial charge in [-0.1, -0.05) is 13.3 Å². The van der Waals surface area contributed by atoms with Crippen LogP contribution in [0.25, 0.3) is 0 Å². The molecular weight excluding hydrogens is 290 g/mol. The highest BCUT2D eigenvalue weighted by Crippen LogP contribution is 2.27. The van der Waals surface area contributed by atoms with Gasteiger partial charge in [-0.15, -0.1) is 0 Å². The molecule has 1 aromatic heterocycles. The fourth-order valence-electron chi connectivity index (χ4n) is 2.74. The van der Waals surface area contributed by atoms with E-state index in [0.717, 1.165) is 12.8 Å². The van der Waals surface area contributed by atoms with Gasteiger partial charge in [0.1, 0.15) is 0 Å². The number of hydrogen-bond donors (Lipinski definition) is 1. The molecule has 0 aliphatic carbocycles. The average Bonchev–Trinajstić information content (AvgIpc) is 2.97. The molecule has 2 unspecified atom stereocenters. The van der Waals surface area contributed by atoms with Gasteiger partial charge in [-0.2, -0.15) is 4.31 Å². The van der Waals surface area contributed by atoms with Crippen molar-refractivity contribution in [3.63, 3.8) is 0 Å². The topological polar surface area (TPSA) is 75.4 Å². The Balaban J connectivity index is 2.31. The highest BCUT2D eigenvalue weighted by Gasteiger charge is 2.37.